The van der Waals surface area contributed by atoms with Crippen LogP contribution in [0.5, 0.6) is 0 Å². The molecule has 2 aliphatic heterocycles. The molecule has 3 nitrogen and oxygen atoms in total. The van der Waals surface area contributed by atoms with Crippen molar-refractivity contribution in [3.05, 3.63) is 10.5 Å². The summed E-state index contributed by atoms with van der Waals surface area (Å²) in [6.45, 7) is 8.65. The second-order valence-corrected chi connectivity index (χ2v) is 6.84. The quantitative estimate of drug-likeness (QED) is 0.664. The van der Waals surface area contributed by atoms with Gasteiger partial charge in [0.15, 0.2) is 0 Å². The van der Waals surface area contributed by atoms with Gasteiger partial charge >= 0.3 is 6.09 Å². The Hall–Kier alpha value is -0.640. The Bertz CT molecular complexity index is 357. The number of amides is 1. The van der Waals surface area contributed by atoms with Crippen molar-refractivity contribution in [2.24, 2.45) is 0 Å². The summed E-state index contributed by atoms with van der Waals surface area (Å²) in [5, 5.41) is 0. The van der Waals surface area contributed by atoms with Crippen molar-refractivity contribution in [1.29, 1.82) is 0 Å². The van der Waals surface area contributed by atoms with E-state index >= 15 is 0 Å². The average Bonchev–Trinajstić information content (AvgIpc) is 2.63. The number of thioether (sulfide) groups is 1. The standard InChI is InChI=1S/C13H21NO2S/c1-9-10-6-8-17-11(10)5-7-14(9)12(15)16-13(2,3)4/h9H,5-8H2,1-4H3/t9-/m0/s1. The molecule has 0 aromatic carbocycles. The number of nitrogens with zero attached hydrogens (tertiary/aromatic N) is 1. The molecule has 0 aromatic rings. The van der Waals surface area contributed by atoms with Crippen molar-refractivity contribution in [3.8, 4) is 0 Å². The molecule has 2 rings (SSSR count). The minimum atomic E-state index is -0.407. The molecule has 0 radical (unpaired) electrons. The van der Waals surface area contributed by atoms with Gasteiger partial charge in [-0.25, -0.2) is 4.79 Å². The van der Waals surface area contributed by atoms with E-state index in [4.69, 9.17) is 4.74 Å². The first kappa shape index (κ1) is 12.8. The third-order valence-electron chi connectivity index (χ3n) is 3.19. The van der Waals surface area contributed by atoms with Crippen LogP contribution in [0.15, 0.2) is 10.5 Å². The molecule has 0 saturated carbocycles. The second kappa shape index (κ2) is 4.56. The van der Waals surface area contributed by atoms with Crippen LogP contribution in [0, 0.1) is 0 Å². The van der Waals surface area contributed by atoms with Gasteiger partial charge < -0.3 is 9.64 Å². The summed E-state index contributed by atoms with van der Waals surface area (Å²) in [7, 11) is 0. The summed E-state index contributed by atoms with van der Waals surface area (Å²) >= 11 is 1.96. The maximum absolute atomic E-state index is 12.1. The zero-order chi connectivity index (χ0) is 12.6. The van der Waals surface area contributed by atoms with Crippen molar-refractivity contribution in [1.82, 2.24) is 4.90 Å². The molecule has 0 bridgehead atoms. The summed E-state index contributed by atoms with van der Waals surface area (Å²) in [5.74, 6) is 1.18. The van der Waals surface area contributed by atoms with Gasteiger partial charge in [0, 0.05) is 12.3 Å². The predicted molar refractivity (Wildman–Crippen MR) is 71.1 cm³/mol. The van der Waals surface area contributed by atoms with E-state index < -0.39 is 5.60 Å². The Kier molecular flexibility index (Phi) is 3.43. The van der Waals surface area contributed by atoms with Gasteiger partial charge in [0.2, 0.25) is 0 Å². The topological polar surface area (TPSA) is 29.5 Å². The number of hydrogen-bond acceptors (Lipinski definition) is 3. The lowest BCUT2D eigenvalue weighted by molar-refractivity contribution is 0.0193. The molecule has 1 atom stereocenters. The van der Waals surface area contributed by atoms with E-state index in [1.165, 1.54) is 16.2 Å². The molecule has 2 heterocycles. The lowest BCUT2D eigenvalue weighted by Crippen LogP contribution is -2.45. The van der Waals surface area contributed by atoms with Gasteiger partial charge in [-0.05, 0) is 51.0 Å². The van der Waals surface area contributed by atoms with E-state index in [0.29, 0.717) is 0 Å². The van der Waals surface area contributed by atoms with Crippen LogP contribution in [-0.2, 0) is 4.74 Å². The maximum atomic E-state index is 12.1. The molecule has 2 aliphatic rings. The first-order valence-corrected chi connectivity index (χ1v) is 7.21. The number of rotatable bonds is 0. The van der Waals surface area contributed by atoms with E-state index in [9.17, 15) is 4.79 Å². The summed E-state index contributed by atoms with van der Waals surface area (Å²) in [6, 6.07) is 0.212. The van der Waals surface area contributed by atoms with E-state index in [0.717, 1.165) is 19.4 Å². The minimum Gasteiger partial charge on any atom is -0.444 e. The third kappa shape index (κ3) is 2.79. The molecule has 96 valence electrons. The normalized spacial score (nSPS) is 24.9. The molecule has 0 saturated heterocycles. The summed E-state index contributed by atoms with van der Waals surface area (Å²) in [4.78, 5) is 15.5. The van der Waals surface area contributed by atoms with Crippen LogP contribution in [-0.4, -0.2) is 34.9 Å². The first-order valence-electron chi connectivity index (χ1n) is 6.23. The lowest BCUT2D eigenvalue weighted by atomic mass is 9.99. The molecule has 0 aromatic heterocycles. The van der Waals surface area contributed by atoms with E-state index in [-0.39, 0.29) is 12.1 Å². The molecule has 17 heavy (non-hydrogen) atoms. The van der Waals surface area contributed by atoms with Gasteiger partial charge in [0.1, 0.15) is 5.60 Å². The number of ether oxygens (including phenoxy) is 1. The Morgan fingerprint density at radius 3 is 2.76 bits per heavy atom. The fourth-order valence-electron chi connectivity index (χ4n) is 2.36. The molecule has 0 fully saturated rings. The highest BCUT2D eigenvalue weighted by Crippen LogP contribution is 2.40. The molecule has 0 N–H and O–H groups in total. The fourth-order valence-corrected chi connectivity index (χ4v) is 3.63. The van der Waals surface area contributed by atoms with Crippen LogP contribution in [0.2, 0.25) is 0 Å². The maximum Gasteiger partial charge on any atom is 0.410 e. The number of carbonyl (C=O) groups excluding carboxylic acids is 1. The first-order chi connectivity index (χ1) is 7.88. The Morgan fingerprint density at radius 2 is 2.12 bits per heavy atom. The molecule has 0 spiro atoms. The lowest BCUT2D eigenvalue weighted by Gasteiger charge is -2.35. The van der Waals surface area contributed by atoms with Crippen LogP contribution in [0.3, 0.4) is 0 Å². The van der Waals surface area contributed by atoms with Gasteiger partial charge in [0.25, 0.3) is 0 Å². The largest absolute Gasteiger partial charge is 0.444 e. The smallest absolute Gasteiger partial charge is 0.410 e. The van der Waals surface area contributed by atoms with Crippen LogP contribution >= 0.6 is 11.8 Å². The van der Waals surface area contributed by atoms with Crippen LogP contribution < -0.4 is 0 Å². The van der Waals surface area contributed by atoms with E-state index in [1.54, 1.807) is 0 Å². The Balaban J connectivity index is 2.06. The SMILES string of the molecule is C[C@H]1C2=C(CCN1C(=O)OC(C)(C)C)SCC2. The van der Waals surface area contributed by atoms with Crippen molar-refractivity contribution in [2.45, 2.75) is 52.2 Å². The predicted octanol–water partition coefficient (Wildman–Crippen LogP) is 3.41. The summed E-state index contributed by atoms with van der Waals surface area (Å²) < 4.78 is 5.45. The van der Waals surface area contributed by atoms with E-state index in [2.05, 4.69) is 6.92 Å². The van der Waals surface area contributed by atoms with Crippen LogP contribution in [0.4, 0.5) is 4.79 Å². The molecule has 1 amide bonds. The fraction of sp³-hybridized carbons (Fsp3) is 0.769. The summed E-state index contributed by atoms with van der Waals surface area (Å²) in [5.41, 5.74) is 1.04. The van der Waals surface area contributed by atoms with Gasteiger partial charge in [-0.2, -0.15) is 0 Å². The van der Waals surface area contributed by atoms with Crippen LogP contribution in [0.1, 0.15) is 40.5 Å². The third-order valence-corrected chi connectivity index (χ3v) is 4.41. The Morgan fingerprint density at radius 1 is 1.41 bits per heavy atom. The number of carbonyl (C=O) groups is 1. The molecular formula is C13H21NO2S. The minimum absolute atomic E-state index is 0.173. The zero-order valence-corrected chi connectivity index (χ0v) is 11.9. The number of hydrogen-bond donors (Lipinski definition) is 0. The zero-order valence-electron chi connectivity index (χ0n) is 11.1. The second-order valence-electron chi connectivity index (χ2n) is 5.65. The van der Waals surface area contributed by atoms with Crippen molar-refractivity contribution in [3.63, 3.8) is 0 Å². The Labute approximate surface area is 108 Å². The highest BCUT2D eigenvalue weighted by molar-refractivity contribution is 8.03. The van der Waals surface area contributed by atoms with Gasteiger partial charge in [-0.15, -0.1) is 11.8 Å². The van der Waals surface area contributed by atoms with Crippen molar-refractivity contribution >= 4 is 17.9 Å². The van der Waals surface area contributed by atoms with Crippen molar-refractivity contribution < 1.29 is 9.53 Å². The monoisotopic (exact) mass is 255 g/mol. The van der Waals surface area contributed by atoms with Gasteiger partial charge in [-0.3, -0.25) is 0 Å². The summed E-state index contributed by atoms with van der Waals surface area (Å²) in [6.07, 6.45) is 1.96. The molecular weight excluding hydrogens is 234 g/mol. The molecule has 0 aliphatic carbocycles. The highest BCUT2D eigenvalue weighted by atomic mass is 32.2. The highest BCUT2D eigenvalue weighted by Gasteiger charge is 2.34. The van der Waals surface area contributed by atoms with Gasteiger partial charge in [0.05, 0.1) is 6.04 Å². The van der Waals surface area contributed by atoms with Crippen LogP contribution in [0.25, 0.3) is 0 Å². The van der Waals surface area contributed by atoms with E-state index in [1.807, 2.05) is 37.4 Å². The average molecular weight is 255 g/mol. The van der Waals surface area contributed by atoms with Crippen molar-refractivity contribution in [2.75, 3.05) is 12.3 Å². The van der Waals surface area contributed by atoms with Gasteiger partial charge in [-0.1, -0.05) is 0 Å². The molecule has 4 heteroatoms. The molecule has 0 unspecified atom stereocenters.